The van der Waals surface area contributed by atoms with Gasteiger partial charge in [0.15, 0.2) is 0 Å². The molecule has 1 amide bonds. The smallest absolute Gasteiger partial charge is 0.262 e. The number of rotatable bonds is 8. The van der Waals surface area contributed by atoms with E-state index in [4.69, 9.17) is 9.47 Å². The Morgan fingerprint density at radius 1 is 0.867 bits per heavy atom. The Bertz CT molecular complexity index is 1150. The minimum atomic E-state index is -3.88. The second kappa shape index (κ2) is 9.32. The zero-order chi connectivity index (χ0) is 21.6. The summed E-state index contributed by atoms with van der Waals surface area (Å²) in [5.41, 5.74) is 1.43. The number of amides is 1. The average Bonchev–Trinajstić information content (AvgIpc) is 2.74. The number of methoxy groups -OCH3 is 2. The van der Waals surface area contributed by atoms with Crippen LogP contribution in [0.2, 0.25) is 0 Å². The van der Waals surface area contributed by atoms with Gasteiger partial charge < -0.3 is 14.8 Å². The molecule has 3 aromatic carbocycles. The molecule has 0 atom stereocenters. The lowest BCUT2D eigenvalue weighted by molar-refractivity contribution is -0.115. The number of para-hydroxylation sites is 3. The van der Waals surface area contributed by atoms with Crippen molar-refractivity contribution in [1.29, 1.82) is 0 Å². The first kappa shape index (κ1) is 21.2. The fraction of sp³-hybridized carbons (Fsp3) is 0.136. The van der Waals surface area contributed by atoms with Crippen LogP contribution in [0.5, 0.6) is 11.5 Å². The van der Waals surface area contributed by atoms with E-state index in [1.54, 1.807) is 55.6 Å². The van der Waals surface area contributed by atoms with Crippen LogP contribution in [0.1, 0.15) is 5.56 Å². The zero-order valence-corrected chi connectivity index (χ0v) is 17.4. The predicted molar refractivity (Wildman–Crippen MR) is 116 cm³/mol. The van der Waals surface area contributed by atoms with Gasteiger partial charge in [-0.25, -0.2) is 8.42 Å². The van der Waals surface area contributed by atoms with Gasteiger partial charge in [0.2, 0.25) is 5.91 Å². The van der Waals surface area contributed by atoms with E-state index in [0.717, 1.165) is 5.56 Å². The number of benzene rings is 3. The normalized spacial score (nSPS) is 10.9. The van der Waals surface area contributed by atoms with Gasteiger partial charge >= 0.3 is 0 Å². The Morgan fingerprint density at radius 2 is 1.53 bits per heavy atom. The van der Waals surface area contributed by atoms with Gasteiger partial charge in [0, 0.05) is 11.3 Å². The average molecular weight is 426 g/mol. The maximum Gasteiger partial charge on any atom is 0.262 e. The molecule has 8 heteroatoms. The summed E-state index contributed by atoms with van der Waals surface area (Å²) in [6.45, 7) is 0. The van der Waals surface area contributed by atoms with E-state index >= 15 is 0 Å². The molecule has 0 aliphatic carbocycles. The Labute approximate surface area is 175 Å². The number of nitrogens with one attached hydrogen (secondary N) is 2. The first-order chi connectivity index (χ1) is 14.4. The van der Waals surface area contributed by atoms with E-state index in [-0.39, 0.29) is 17.2 Å². The highest BCUT2D eigenvalue weighted by molar-refractivity contribution is 7.92. The third-order valence-electron chi connectivity index (χ3n) is 4.32. The summed E-state index contributed by atoms with van der Waals surface area (Å²) in [5.74, 6) is 0.735. The molecule has 0 heterocycles. The van der Waals surface area contributed by atoms with E-state index in [1.165, 1.54) is 19.2 Å². The molecule has 0 saturated heterocycles. The van der Waals surface area contributed by atoms with Crippen LogP contribution >= 0.6 is 0 Å². The highest BCUT2D eigenvalue weighted by Gasteiger charge is 2.17. The van der Waals surface area contributed by atoms with Gasteiger partial charge in [-0.2, -0.15) is 0 Å². The highest BCUT2D eigenvalue weighted by Crippen LogP contribution is 2.27. The molecule has 0 bridgehead atoms. The molecule has 0 radical (unpaired) electrons. The summed E-state index contributed by atoms with van der Waals surface area (Å²) in [6, 6.07) is 20.0. The van der Waals surface area contributed by atoms with Crippen molar-refractivity contribution < 1.29 is 22.7 Å². The van der Waals surface area contributed by atoms with Crippen molar-refractivity contribution in [1.82, 2.24) is 0 Å². The van der Waals surface area contributed by atoms with Crippen LogP contribution in [0.15, 0.2) is 77.7 Å². The van der Waals surface area contributed by atoms with Crippen LogP contribution in [0.3, 0.4) is 0 Å². The van der Waals surface area contributed by atoms with Crippen LogP contribution in [0.4, 0.5) is 11.4 Å². The van der Waals surface area contributed by atoms with Crippen molar-refractivity contribution >= 4 is 27.3 Å². The third-order valence-corrected chi connectivity index (χ3v) is 5.69. The van der Waals surface area contributed by atoms with Crippen LogP contribution in [-0.4, -0.2) is 28.5 Å². The molecule has 3 aromatic rings. The third kappa shape index (κ3) is 5.09. The van der Waals surface area contributed by atoms with Crippen molar-refractivity contribution in [3.05, 3.63) is 78.4 Å². The van der Waals surface area contributed by atoms with Crippen LogP contribution < -0.4 is 19.5 Å². The van der Waals surface area contributed by atoms with Crippen molar-refractivity contribution in [3.8, 4) is 11.5 Å². The Morgan fingerprint density at radius 3 is 2.27 bits per heavy atom. The zero-order valence-electron chi connectivity index (χ0n) is 16.6. The lowest BCUT2D eigenvalue weighted by atomic mass is 10.1. The molecule has 156 valence electrons. The van der Waals surface area contributed by atoms with Crippen molar-refractivity contribution in [2.24, 2.45) is 0 Å². The standard InChI is InChI=1S/C22H22N2O5S/c1-28-20-12-5-3-8-16(20)14-22(25)23-17-9-7-10-18(15-17)30(26,27)24-19-11-4-6-13-21(19)29-2/h3-13,15,24H,14H2,1-2H3,(H,23,25). The van der Waals surface area contributed by atoms with Gasteiger partial charge in [0.1, 0.15) is 11.5 Å². The Hall–Kier alpha value is -3.52. The fourth-order valence-corrected chi connectivity index (χ4v) is 4.02. The lowest BCUT2D eigenvalue weighted by Gasteiger charge is -2.13. The molecule has 3 rings (SSSR count). The highest BCUT2D eigenvalue weighted by atomic mass is 32.2. The molecule has 30 heavy (non-hydrogen) atoms. The van der Waals surface area contributed by atoms with E-state index in [0.29, 0.717) is 22.9 Å². The van der Waals surface area contributed by atoms with E-state index in [1.807, 2.05) is 12.1 Å². The van der Waals surface area contributed by atoms with Gasteiger partial charge in [-0.1, -0.05) is 36.4 Å². The maximum atomic E-state index is 12.8. The molecule has 0 aliphatic heterocycles. The number of carbonyl (C=O) groups excluding carboxylic acids is 1. The lowest BCUT2D eigenvalue weighted by Crippen LogP contribution is -2.16. The quantitative estimate of drug-likeness (QED) is 0.573. The second-order valence-corrected chi connectivity index (χ2v) is 8.05. The summed E-state index contributed by atoms with van der Waals surface area (Å²) in [6.07, 6.45) is 0.0977. The van der Waals surface area contributed by atoms with Gasteiger partial charge in [-0.15, -0.1) is 0 Å². The SMILES string of the molecule is COc1ccccc1CC(=O)Nc1cccc(S(=O)(=O)Nc2ccccc2OC)c1. The number of carbonyl (C=O) groups is 1. The summed E-state index contributed by atoms with van der Waals surface area (Å²) < 4.78 is 38.5. The van der Waals surface area contributed by atoms with Crippen LogP contribution in [0, 0.1) is 0 Å². The predicted octanol–water partition coefficient (Wildman–Crippen LogP) is 3.69. The maximum absolute atomic E-state index is 12.8. The number of sulfonamides is 1. The summed E-state index contributed by atoms with van der Waals surface area (Å²) in [5, 5.41) is 2.73. The van der Waals surface area contributed by atoms with Gasteiger partial charge in [0.05, 0.1) is 31.2 Å². The monoisotopic (exact) mass is 426 g/mol. The van der Waals surface area contributed by atoms with Gasteiger partial charge in [-0.3, -0.25) is 9.52 Å². The largest absolute Gasteiger partial charge is 0.496 e. The molecule has 0 aromatic heterocycles. The van der Waals surface area contributed by atoms with Crippen molar-refractivity contribution in [2.75, 3.05) is 24.3 Å². The Balaban J connectivity index is 1.76. The number of anilines is 2. The molecule has 0 fully saturated rings. The van der Waals surface area contributed by atoms with E-state index in [9.17, 15) is 13.2 Å². The van der Waals surface area contributed by atoms with Crippen molar-refractivity contribution in [3.63, 3.8) is 0 Å². The van der Waals surface area contributed by atoms with Crippen LogP contribution in [0.25, 0.3) is 0 Å². The molecule has 0 saturated carbocycles. The topological polar surface area (TPSA) is 93.7 Å². The molecule has 0 aliphatic rings. The molecular formula is C22H22N2O5S. The molecule has 2 N–H and O–H groups in total. The van der Waals surface area contributed by atoms with E-state index < -0.39 is 10.0 Å². The fourth-order valence-electron chi connectivity index (χ4n) is 2.90. The summed E-state index contributed by atoms with van der Waals surface area (Å²) in [4.78, 5) is 12.5. The first-order valence-electron chi connectivity index (χ1n) is 9.10. The van der Waals surface area contributed by atoms with Gasteiger partial charge in [-0.05, 0) is 36.4 Å². The molecule has 7 nitrogen and oxygen atoms in total. The van der Waals surface area contributed by atoms with E-state index in [2.05, 4.69) is 10.0 Å². The molecular weight excluding hydrogens is 404 g/mol. The van der Waals surface area contributed by atoms with Crippen molar-refractivity contribution in [2.45, 2.75) is 11.3 Å². The van der Waals surface area contributed by atoms with Crippen LogP contribution in [-0.2, 0) is 21.2 Å². The van der Waals surface area contributed by atoms with Gasteiger partial charge in [0.25, 0.3) is 10.0 Å². The number of ether oxygens (including phenoxy) is 2. The Kier molecular flexibility index (Phi) is 6.58. The summed E-state index contributed by atoms with van der Waals surface area (Å²) >= 11 is 0. The minimum absolute atomic E-state index is 0.0171. The summed E-state index contributed by atoms with van der Waals surface area (Å²) in [7, 11) is -0.870. The number of hydrogen-bond donors (Lipinski definition) is 2. The molecule has 0 unspecified atom stereocenters. The first-order valence-corrected chi connectivity index (χ1v) is 10.6. The molecule has 0 spiro atoms. The minimum Gasteiger partial charge on any atom is -0.496 e. The number of hydrogen-bond acceptors (Lipinski definition) is 5. The second-order valence-electron chi connectivity index (χ2n) is 6.37.